The van der Waals surface area contributed by atoms with Gasteiger partial charge in [-0.3, -0.25) is 9.78 Å². The smallest absolute Gasteiger partial charge is 0.255 e. The molecule has 0 unspecified atom stereocenters. The van der Waals surface area contributed by atoms with Crippen LogP contribution < -0.4 is 10.2 Å². The van der Waals surface area contributed by atoms with E-state index in [-0.39, 0.29) is 11.9 Å². The molecule has 0 saturated carbocycles. The number of rotatable bonds is 3. The fourth-order valence-corrected chi connectivity index (χ4v) is 2.97. The van der Waals surface area contributed by atoms with Crippen molar-refractivity contribution in [2.45, 2.75) is 39.7 Å². The molecule has 0 aliphatic carbocycles. The molecule has 1 fully saturated rings. The van der Waals surface area contributed by atoms with Crippen LogP contribution in [0.3, 0.4) is 0 Å². The van der Waals surface area contributed by atoms with Crippen LogP contribution in [0.15, 0.2) is 22.9 Å². The van der Waals surface area contributed by atoms with Crippen LogP contribution in [0, 0.1) is 20.8 Å². The number of hydrogen-bond acceptors (Lipinski definition) is 5. The van der Waals surface area contributed by atoms with Gasteiger partial charge < -0.3 is 14.6 Å². The van der Waals surface area contributed by atoms with Crippen LogP contribution in [-0.4, -0.2) is 35.0 Å². The van der Waals surface area contributed by atoms with E-state index in [0.29, 0.717) is 11.3 Å². The average Bonchev–Trinajstić information content (AvgIpc) is 2.87. The Balaban J connectivity index is 1.57. The van der Waals surface area contributed by atoms with Gasteiger partial charge in [-0.15, -0.1) is 0 Å². The third-order valence-corrected chi connectivity index (χ3v) is 4.18. The Morgan fingerprint density at radius 2 is 2.00 bits per heavy atom. The summed E-state index contributed by atoms with van der Waals surface area (Å²) in [5.41, 5.74) is 1.55. The number of piperidine rings is 1. The zero-order valence-corrected chi connectivity index (χ0v) is 13.8. The molecule has 0 aromatic carbocycles. The molecule has 1 saturated heterocycles. The largest absolute Gasteiger partial charge is 0.466 e. The van der Waals surface area contributed by atoms with Crippen LogP contribution in [-0.2, 0) is 0 Å². The average molecular weight is 314 g/mol. The second-order valence-corrected chi connectivity index (χ2v) is 6.08. The molecule has 122 valence electrons. The minimum absolute atomic E-state index is 0.0480. The van der Waals surface area contributed by atoms with E-state index in [1.165, 1.54) is 0 Å². The van der Waals surface area contributed by atoms with Crippen molar-refractivity contribution in [1.82, 2.24) is 15.3 Å². The van der Waals surface area contributed by atoms with Gasteiger partial charge in [-0.25, -0.2) is 4.98 Å². The van der Waals surface area contributed by atoms with Gasteiger partial charge in [-0.1, -0.05) is 0 Å². The zero-order valence-electron chi connectivity index (χ0n) is 13.8. The summed E-state index contributed by atoms with van der Waals surface area (Å²) in [6.45, 7) is 7.35. The van der Waals surface area contributed by atoms with Crippen molar-refractivity contribution in [2.75, 3.05) is 18.0 Å². The minimum atomic E-state index is -0.0480. The predicted octanol–water partition coefficient (Wildman–Crippen LogP) is 2.39. The second-order valence-electron chi connectivity index (χ2n) is 6.08. The van der Waals surface area contributed by atoms with E-state index in [4.69, 9.17) is 4.42 Å². The van der Waals surface area contributed by atoms with Gasteiger partial charge in [0.05, 0.1) is 17.5 Å². The van der Waals surface area contributed by atoms with Gasteiger partial charge in [0.2, 0.25) is 0 Å². The number of amides is 1. The number of nitrogens with one attached hydrogen (secondary N) is 1. The summed E-state index contributed by atoms with van der Waals surface area (Å²) in [5.74, 6) is 2.30. The molecule has 23 heavy (non-hydrogen) atoms. The molecular formula is C17H22N4O2. The molecule has 0 atom stereocenters. The lowest BCUT2D eigenvalue weighted by Crippen LogP contribution is -2.45. The number of furan rings is 1. The monoisotopic (exact) mass is 314 g/mol. The normalized spacial score (nSPS) is 15.7. The van der Waals surface area contributed by atoms with Crippen molar-refractivity contribution in [1.29, 1.82) is 0 Å². The van der Waals surface area contributed by atoms with Gasteiger partial charge in [-0.2, -0.15) is 0 Å². The number of carbonyl (C=O) groups excluding carboxylic acids is 1. The van der Waals surface area contributed by atoms with Gasteiger partial charge in [0, 0.05) is 25.3 Å². The molecule has 2 aromatic heterocycles. The maximum atomic E-state index is 12.3. The molecule has 0 radical (unpaired) electrons. The van der Waals surface area contributed by atoms with Crippen molar-refractivity contribution < 1.29 is 9.21 Å². The Bertz CT molecular complexity index is 702. The van der Waals surface area contributed by atoms with Gasteiger partial charge in [0.1, 0.15) is 17.3 Å². The number of aromatic nitrogens is 2. The first-order valence-electron chi connectivity index (χ1n) is 7.94. The first-order chi connectivity index (χ1) is 11.0. The number of hydrogen-bond donors (Lipinski definition) is 1. The lowest BCUT2D eigenvalue weighted by Gasteiger charge is -2.33. The summed E-state index contributed by atoms with van der Waals surface area (Å²) >= 11 is 0. The number of carbonyl (C=O) groups is 1. The molecule has 0 spiro atoms. The quantitative estimate of drug-likeness (QED) is 0.942. The van der Waals surface area contributed by atoms with E-state index in [1.54, 1.807) is 18.5 Å². The molecule has 1 aliphatic heterocycles. The fraction of sp³-hybridized carbons (Fsp3) is 0.471. The maximum absolute atomic E-state index is 12.3. The van der Waals surface area contributed by atoms with Gasteiger partial charge in [0.25, 0.3) is 5.91 Å². The van der Waals surface area contributed by atoms with E-state index in [1.807, 2.05) is 20.8 Å². The molecule has 2 aromatic rings. The third-order valence-electron chi connectivity index (χ3n) is 4.18. The Morgan fingerprint density at radius 3 is 2.61 bits per heavy atom. The van der Waals surface area contributed by atoms with Gasteiger partial charge >= 0.3 is 0 Å². The summed E-state index contributed by atoms with van der Waals surface area (Å²) in [4.78, 5) is 23.3. The highest BCUT2D eigenvalue weighted by Gasteiger charge is 2.23. The van der Waals surface area contributed by atoms with Crippen LogP contribution in [0.25, 0.3) is 0 Å². The summed E-state index contributed by atoms with van der Waals surface area (Å²) in [5, 5.41) is 3.11. The third kappa shape index (κ3) is 3.52. The van der Waals surface area contributed by atoms with Gasteiger partial charge in [0.15, 0.2) is 0 Å². The summed E-state index contributed by atoms with van der Waals surface area (Å²) < 4.78 is 5.43. The Hall–Kier alpha value is -2.37. The molecule has 6 nitrogen and oxygen atoms in total. The van der Waals surface area contributed by atoms with Crippen LogP contribution in [0.4, 0.5) is 5.82 Å². The summed E-state index contributed by atoms with van der Waals surface area (Å²) in [6, 6.07) is 1.98. The predicted molar refractivity (Wildman–Crippen MR) is 87.7 cm³/mol. The highest BCUT2D eigenvalue weighted by molar-refractivity contribution is 5.95. The fourth-order valence-electron chi connectivity index (χ4n) is 2.97. The molecular weight excluding hydrogens is 292 g/mol. The van der Waals surface area contributed by atoms with Crippen LogP contribution >= 0.6 is 0 Å². The zero-order chi connectivity index (χ0) is 16.4. The topological polar surface area (TPSA) is 71.3 Å². The van der Waals surface area contributed by atoms with E-state index in [9.17, 15) is 4.79 Å². The molecule has 0 bridgehead atoms. The van der Waals surface area contributed by atoms with Crippen LogP contribution in [0.5, 0.6) is 0 Å². The lowest BCUT2D eigenvalue weighted by molar-refractivity contribution is 0.0929. The molecule has 1 aliphatic rings. The molecule has 1 amide bonds. The van der Waals surface area contributed by atoms with E-state index >= 15 is 0 Å². The van der Waals surface area contributed by atoms with Gasteiger partial charge in [-0.05, 0) is 39.7 Å². The van der Waals surface area contributed by atoms with E-state index < -0.39 is 0 Å². The highest BCUT2D eigenvalue weighted by atomic mass is 16.3. The van der Waals surface area contributed by atoms with Crippen molar-refractivity contribution >= 4 is 11.7 Å². The first kappa shape index (κ1) is 15.5. The molecule has 6 heteroatoms. The minimum Gasteiger partial charge on any atom is -0.466 e. The Kier molecular flexibility index (Phi) is 4.32. The van der Waals surface area contributed by atoms with Crippen molar-refractivity contribution in [2.24, 2.45) is 0 Å². The Labute approximate surface area is 135 Å². The number of anilines is 1. The standard InChI is InChI=1S/C17H22N4O2/c1-11-9-18-10-16(19-11)21-6-4-14(5-7-21)20-17(22)15-8-12(2)23-13(15)3/h8-10,14H,4-7H2,1-3H3,(H,20,22). The van der Waals surface area contributed by atoms with Crippen molar-refractivity contribution in [3.05, 3.63) is 41.2 Å². The van der Waals surface area contributed by atoms with E-state index in [0.717, 1.165) is 43.2 Å². The first-order valence-corrected chi connectivity index (χ1v) is 7.94. The molecule has 3 rings (SSSR count). The van der Waals surface area contributed by atoms with Crippen LogP contribution in [0.1, 0.15) is 40.4 Å². The summed E-state index contributed by atoms with van der Waals surface area (Å²) in [7, 11) is 0. The second kappa shape index (κ2) is 6.40. The van der Waals surface area contributed by atoms with Crippen molar-refractivity contribution in [3.63, 3.8) is 0 Å². The SMILES string of the molecule is Cc1cncc(N2CCC(NC(=O)c3cc(C)oc3C)CC2)n1. The lowest BCUT2D eigenvalue weighted by atomic mass is 10.0. The number of aryl methyl sites for hydroxylation is 3. The molecule has 3 heterocycles. The molecule has 1 N–H and O–H groups in total. The highest BCUT2D eigenvalue weighted by Crippen LogP contribution is 2.19. The van der Waals surface area contributed by atoms with Crippen LogP contribution in [0.2, 0.25) is 0 Å². The maximum Gasteiger partial charge on any atom is 0.255 e. The van der Waals surface area contributed by atoms with Crippen molar-refractivity contribution in [3.8, 4) is 0 Å². The Morgan fingerprint density at radius 1 is 1.26 bits per heavy atom. The summed E-state index contributed by atoms with van der Waals surface area (Å²) in [6.07, 6.45) is 5.35. The van der Waals surface area contributed by atoms with E-state index in [2.05, 4.69) is 20.2 Å². The number of nitrogens with zero attached hydrogens (tertiary/aromatic N) is 3.